The summed E-state index contributed by atoms with van der Waals surface area (Å²) in [6, 6.07) is 10.8. The summed E-state index contributed by atoms with van der Waals surface area (Å²) in [5, 5.41) is 3.85. The fourth-order valence-electron chi connectivity index (χ4n) is 1.53. The van der Waals surface area contributed by atoms with Gasteiger partial charge in [-0.2, -0.15) is 0 Å². The Hall–Kier alpha value is -0.540. The predicted octanol–water partition coefficient (Wildman–Crippen LogP) is 2.74. The average molecular weight is 209 g/mol. The summed E-state index contributed by atoms with van der Waals surface area (Å²) in [5.74, 6) is 0. The first-order valence-electron chi connectivity index (χ1n) is 4.29. The molecule has 68 valence electrons. The zero-order chi connectivity index (χ0) is 9.26. The van der Waals surface area contributed by atoms with Crippen molar-refractivity contribution in [1.82, 2.24) is 5.32 Å². The summed E-state index contributed by atoms with van der Waals surface area (Å²) in [4.78, 5) is 0. The topological polar surface area (TPSA) is 12.0 Å². The van der Waals surface area contributed by atoms with Gasteiger partial charge in [-0.25, -0.2) is 0 Å². The van der Waals surface area contributed by atoms with Crippen LogP contribution in [0, 0.1) is 0 Å². The van der Waals surface area contributed by atoms with Crippen molar-refractivity contribution in [2.24, 2.45) is 0 Å². The van der Waals surface area contributed by atoms with E-state index in [0.29, 0.717) is 11.3 Å². The molecule has 13 heavy (non-hydrogen) atoms. The lowest BCUT2D eigenvalue weighted by molar-refractivity contribution is 0.666. The van der Waals surface area contributed by atoms with Gasteiger partial charge in [0.05, 0.1) is 6.04 Å². The molecule has 2 atom stereocenters. The van der Waals surface area contributed by atoms with Gasteiger partial charge in [-0.05, 0) is 5.56 Å². The van der Waals surface area contributed by atoms with Gasteiger partial charge in [-0.1, -0.05) is 61.2 Å². The van der Waals surface area contributed by atoms with Crippen LogP contribution in [-0.4, -0.2) is 9.57 Å². The summed E-state index contributed by atoms with van der Waals surface area (Å²) < 4.78 is 0.918. The highest BCUT2D eigenvalue weighted by Gasteiger charge is 2.27. The Bertz CT molecular complexity index is 310. The Morgan fingerprint density at radius 1 is 1.31 bits per heavy atom. The highest BCUT2D eigenvalue weighted by molar-refractivity contribution is 8.23. The molecule has 1 aromatic carbocycles. The number of rotatable bonds is 1. The molecule has 1 N–H and O–H groups in total. The minimum absolute atomic E-state index is 0.388. The van der Waals surface area contributed by atoms with Gasteiger partial charge in [-0.3, -0.25) is 0 Å². The number of nitrogens with one attached hydrogen (secondary N) is 1. The van der Waals surface area contributed by atoms with Crippen LogP contribution < -0.4 is 5.32 Å². The molecule has 1 saturated heterocycles. The zero-order valence-corrected chi connectivity index (χ0v) is 8.99. The van der Waals surface area contributed by atoms with E-state index >= 15 is 0 Å². The predicted molar refractivity (Wildman–Crippen MR) is 62.0 cm³/mol. The Labute approximate surface area is 87.9 Å². The maximum absolute atomic E-state index is 5.12. The molecular weight excluding hydrogens is 198 g/mol. The van der Waals surface area contributed by atoms with Gasteiger partial charge in [0, 0.05) is 5.25 Å². The van der Waals surface area contributed by atoms with Crippen LogP contribution in [0.15, 0.2) is 30.3 Å². The second kappa shape index (κ2) is 3.68. The van der Waals surface area contributed by atoms with Gasteiger partial charge >= 0.3 is 0 Å². The third-order valence-corrected chi connectivity index (χ3v) is 3.58. The van der Waals surface area contributed by atoms with Crippen molar-refractivity contribution in [2.75, 3.05) is 0 Å². The van der Waals surface area contributed by atoms with Crippen LogP contribution in [0.4, 0.5) is 0 Å². The Kier molecular flexibility index (Phi) is 2.56. The highest BCUT2D eigenvalue weighted by atomic mass is 32.2. The first kappa shape index (κ1) is 9.03. The number of thiocarbonyl (C=S) groups is 1. The van der Waals surface area contributed by atoms with Crippen molar-refractivity contribution in [2.45, 2.75) is 18.2 Å². The van der Waals surface area contributed by atoms with Gasteiger partial charge in [-0.15, -0.1) is 0 Å². The largest absolute Gasteiger partial charge is 0.363 e. The Morgan fingerprint density at radius 3 is 2.54 bits per heavy atom. The van der Waals surface area contributed by atoms with Crippen molar-refractivity contribution in [1.29, 1.82) is 0 Å². The molecule has 3 heteroatoms. The molecule has 0 aromatic heterocycles. The van der Waals surface area contributed by atoms with Crippen LogP contribution in [0.1, 0.15) is 18.5 Å². The molecule has 1 aliphatic heterocycles. The van der Waals surface area contributed by atoms with Crippen LogP contribution >= 0.6 is 24.0 Å². The fourth-order valence-corrected chi connectivity index (χ4v) is 3.01. The molecule has 0 unspecified atom stereocenters. The third-order valence-electron chi connectivity index (χ3n) is 2.19. The molecule has 0 saturated carbocycles. The minimum Gasteiger partial charge on any atom is -0.363 e. The normalized spacial score (nSPS) is 27.3. The first-order chi connectivity index (χ1) is 6.27. The molecule has 1 aromatic rings. The number of thioether (sulfide) groups is 1. The highest BCUT2D eigenvalue weighted by Crippen LogP contribution is 2.33. The van der Waals surface area contributed by atoms with Gasteiger partial charge in [0.15, 0.2) is 0 Å². The summed E-state index contributed by atoms with van der Waals surface area (Å²) in [7, 11) is 0. The molecule has 0 amide bonds. The molecule has 0 aliphatic carbocycles. The molecule has 1 nitrogen and oxygen atoms in total. The summed E-state index contributed by atoms with van der Waals surface area (Å²) in [6.45, 7) is 2.20. The van der Waals surface area contributed by atoms with Gasteiger partial charge in [0.2, 0.25) is 0 Å². The molecule has 0 radical (unpaired) electrons. The SMILES string of the molecule is C[C@H]1SC(=S)N[C@@H]1c1ccccc1. The van der Waals surface area contributed by atoms with Crippen LogP contribution in [-0.2, 0) is 0 Å². The molecule has 0 spiro atoms. The second-order valence-electron chi connectivity index (χ2n) is 3.14. The van der Waals surface area contributed by atoms with E-state index in [-0.39, 0.29) is 0 Å². The number of benzene rings is 1. The van der Waals surface area contributed by atoms with Crippen LogP contribution in [0.3, 0.4) is 0 Å². The van der Waals surface area contributed by atoms with Gasteiger partial charge in [0.1, 0.15) is 4.32 Å². The van der Waals surface area contributed by atoms with E-state index in [0.717, 1.165) is 4.32 Å². The molecular formula is C10H11NS2. The van der Waals surface area contributed by atoms with E-state index in [4.69, 9.17) is 12.2 Å². The zero-order valence-electron chi connectivity index (χ0n) is 7.36. The maximum Gasteiger partial charge on any atom is 0.134 e. The van der Waals surface area contributed by atoms with E-state index < -0.39 is 0 Å². The maximum atomic E-state index is 5.12. The summed E-state index contributed by atoms with van der Waals surface area (Å²) in [6.07, 6.45) is 0. The monoisotopic (exact) mass is 209 g/mol. The average Bonchev–Trinajstić information content (AvgIpc) is 2.47. The van der Waals surface area contributed by atoms with Crippen molar-refractivity contribution in [3.8, 4) is 0 Å². The molecule has 2 rings (SSSR count). The summed E-state index contributed by atoms with van der Waals surface area (Å²) in [5.41, 5.74) is 1.32. The second-order valence-corrected chi connectivity index (χ2v) is 5.20. The van der Waals surface area contributed by atoms with Crippen LogP contribution in [0.5, 0.6) is 0 Å². The number of hydrogen-bond donors (Lipinski definition) is 1. The summed E-state index contributed by atoms with van der Waals surface area (Å²) >= 11 is 6.87. The lowest BCUT2D eigenvalue weighted by atomic mass is 10.1. The van der Waals surface area contributed by atoms with Crippen molar-refractivity contribution >= 4 is 28.3 Å². The third kappa shape index (κ3) is 1.86. The van der Waals surface area contributed by atoms with E-state index in [1.54, 1.807) is 11.8 Å². The smallest absolute Gasteiger partial charge is 0.134 e. The molecule has 1 fully saturated rings. The van der Waals surface area contributed by atoms with Crippen molar-refractivity contribution in [3.63, 3.8) is 0 Å². The Morgan fingerprint density at radius 2 is 2.00 bits per heavy atom. The standard InChI is InChI=1S/C10H11NS2/c1-7-9(11-10(12)13-7)8-5-3-2-4-6-8/h2-7,9H,1H3,(H,11,12)/t7-,9+/m1/s1. The number of hydrogen-bond acceptors (Lipinski definition) is 2. The van der Waals surface area contributed by atoms with Crippen molar-refractivity contribution < 1.29 is 0 Å². The quantitative estimate of drug-likeness (QED) is 0.714. The van der Waals surface area contributed by atoms with E-state index in [1.165, 1.54) is 5.56 Å². The van der Waals surface area contributed by atoms with Crippen LogP contribution in [0.2, 0.25) is 0 Å². The first-order valence-corrected chi connectivity index (χ1v) is 5.58. The van der Waals surface area contributed by atoms with E-state index in [1.807, 2.05) is 6.07 Å². The van der Waals surface area contributed by atoms with E-state index in [9.17, 15) is 0 Å². The Balaban J connectivity index is 2.23. The molecule has 1 heterocycles. The van der Waals surface area contributed by atoms with Crippen LogP contribution in [0.25, 0.3) is 0 Å². The lowest BCUT2D eigenvalue weighted by Crippen LogP contribution is -2.20. The minimum atomic E-state index is 0.388. The molecule has 1 aliphatic rings. The molecule has 0 bridgehead atoms. The lowest BCUT2D eigenvalue weighted by Gasteiger charge is -2.14. The van der Waals surface area contributed by atoms with E-state index in [2.05, 4.69) is 36.5 Å². The fraction of sp³-hybridized carbons (Fsp3) is 0.300. The van der Waals surface area contributed by atoms with Gasteiger partial charge < -0.3 is 5.32 Å². The van der Waals surface area contributed by atoms with Crippen molar-refractivity contribution in [3.05, 3.63) is 35.9 Å². The van der Waals surface area contributed by atoms with Gasteiger partial charge in [0.25, 0.3) is 0 Å².